The van der Waals surface area contributed by atoms with Gasteiger partial charge in [-0.3, -0.25) is 11.7 Å². The van der Waals surface area contributed by atoms with Crippen molar-refractivity contribution in [2.45, 2.75) is 0 Å². The zero-order valence-corrected chi connectivity index (χ0v) is 5.11. The van der Waals surface area contributed by atoms with Crippen molar-refractivity contribution < 1.29 is 0 Å². The van der Waals surface area contributed by atoms with E-state index in [9.17, 15) is 0 Å². The highest BCUT2D eigenvalue weighted by Crippen LogP contribution is 1.73. The summed E-state index contributed by atoms with van der Waals surface area (Å²) in [6.07, 6.45) is 1.79. The largest absolute Gasteiger partial charge is 0.274 e. The molecule has 38 valence electrons. The minimum atomic E-state index is 0.896. The monoisotopic (exact) mass is 152 g/mol. The molecule has 0 fully saturated rings. The van der Waals surface area contributed by atoms with Gasteiger partial charge < -0.3 is 0 Å². The average molecular weight is 153 g/mol. The molecule has 0 aliphatic heterocycles. The Balaban J connectivity index is 0. The number of hydrogen-bond donors (Lipinski definition) is 2. The van der Waals surface area contributed by atoms with Crippen molar-refractivity contribution in [1.82, 2.24) is 0 Å². The molecule has 0 amide bonds. The van der Waals surface area contributed by atoms with Crippen LogP contribution in [0.25, 0.3) is 0 Å². The summed E-state index contributed by atoms with van der Waals surface area (Å²) in [4.78, 5) is 0. The molecule has 3 heteroatoms. The maximum atomic E-state index is 4.00. The lowest BCUT2D eigenvalue weighted by molar-refractivity contribution is 1.26. The van der Waals surface area contributed by atoms with E-state index in [4.69, 9.17) is 0 Å². The van der Waals surface area contributed by atoms with Crippen LogP contribution in [0.3, 0.4) is 0 Å². The third-order valence-electron chi connectivity index (χ3n) is 0.109. The zero-order valence-electron chi connectivity index (χ0n) is 3.52. The van der Waals surface area contributed by atoms with Crippen LogP contribution in [0.1, 0.15) is 0 Å². The van der Waals surface area contributed by atoms with Gasteiger partial charge in [-0.2, -0.15) is 0 Å². The second-order valence-electron chi connectivity index (χ2n) is 0.443. The lowest BCUT2D eigenvalue weighted by atomic mass is 10.8. The van der Waals surface area contributed by atoms with Gasteiger partial charge in [0.1, 0.15) is 0 Å². The number of nitrogens with two attached hydrogens (primary N) is 2. The topological polar surface area (TPSA) is 52.0 Å². The Morgan fingerprint density at radius 2 is 1.83 bits per heavy atom. The van der Waals surface area contributed by atoms with Crippen molar-refractivity contribution in [3.63, 3.8) is 0 Å². The Bertz CT molecular complexity index is 22.8. The zero-order chi connectivity index (χ0) is 5.41. The van der Waals surface area contributed by atoms with E-state index in [0.29, 0.717) is 0 Å². The second kappa shape index (κ2) is 19.2. The quantitative estimate of drug-likeness (QED) is 0.247. The molecule has 0 aliphatic rings. The smallest absolute Gasteiger partial charge is 0.0209 e. The van der Waals surface area contributed by atoms with E-state index in [0.717, 1.165) is 5.33 Å². The number of rotatable bonds is 1. The minimum Gasteiger partial charge on any atom is -0.274 e. The summed E-state index contributed by atoms with van der Waals surface area (Å²) in [6.45, 7) is 3.43. The maximum Gasteiger partial charge on any atom is 0.0209 e. The fraction of sp³-hybridized carbons (Fsp3) is 0.333. The van der Waals surface area contributed by atoms with Crippen molar-refractivity contribution in [2.24, 2.45) is 11.7 Å². The van der Waals surface area contributed by atoms with E-state index >= 15 is 0 Å². The summed E-state index contributed by atoms with van der Waals surface area (Å²) >= 11 is 3.13. The van der Waals surface area contributed by atoms with Gasteiger partial charge in [0.2, 0.25) is 0 Å². The first-order chi connectivity index (χ1) is 2.91. The Hall–Kier alpha value is 0.140. The summed E-state index contributed by atoms with van der Waals surface area (Å²) in [5.41, 5.74) is 0. The van der Waals surface area contributed by atoms with E-state index in [1.807, 2.05) is 0 Å². The molecule has 0 bridgehead atoms. The fourth-order valence-corrected chi connectivity index (χ4v) is 0. The van der Waals surface area contributed by atoms with Crippen LogP contribution in [-0.4, -0.2) is 5.33 Å². The van der Waals surface area contributed by atoms with Crippen LogP contribution >= 0.6 is 15.9 Å². The van der Waals surface area contributed by atoms with Gasteiger partial charge in [0.15, 0.2) is 0 Å². The van der Waals surface area contributed by atoms with Crippen LogP contribution in [0, 0.1) is 0 Å². The van der Waals surface area contributed by atoms with E-state index in [1.165, 1.54) is 0 Å². The first-order valence-electron chi connectivity index (χ1n) is 1.42. The van der Waals surface area contributed by atoms with E-state index in [-0.39, 0.29) is 0 Å². The molecule has 0 heterocycles. The number of hydrogen-bond acceptors (Lipinski definition) is 2. The lowest BCUT2D eigenvalue weighted by Crippen LogP contribution is -2.02. The summed E-state index contributed by atoms with van der Waals surface area (Å²) in [5.74, 6) is 8.00. The number of halogens is 1. The molecule has 0 aliphatic carbocycles. The number of hydrazine groups is 1. The molecule has 0 atom stereocenters. The molecule has 0 unspecified atom stereocenters. The van der Waals surface area contributed by atoms with Crippen molar-refractivity contribution in [1.29, 1.82) is 0 Å². The van der Waals surface area contributed by atoms with E-state index in [2.05, 4.69) is 34.2 Å². The molecule has 0 aromatic heterocycles. The van der Waals surface area contributed by atoms with E-state index < -0.39 is 0 Å². The first-order valence-corrected chi connectivity index (χ1v) is 2.54. The molecule has 0 saturated carbocycles. The molecule has 0 radical (unpaired) electrons. The van der Waals surface area contributed by atoms with Crippen LogP contribution < -0.4 is 11.7 Å². The number of allylic oxidation sites excluding steroid dienone is 1. The minimum absolute atomic E-state index is 0.896. The molecule has 6 heavy (non-hydrogen) atoms. The van der Waals surface area contributed by atoms with Gasteiger partial charge in [0.05, 0.1) is 0 Å². The summed E-state index contributed by atoms with van der Waals surface area (Å²) in [7, 11) is 0. The molecule has 0 spiro atoms. The van der Waals surface area contributed by atoms with E-state index in [1.54, 1.807) is 6.08 Å². The normalized spacial score (nSPS) is 5.17. The molecule has 2 nitrogen and oxygen atoms in total. The van der Waals surface area contributed by atoms with Crippen molar-refractivity contribution in [2.75, 3.05) is 5.33 Å². The van der Waals surface area contributed by atoms with Gasteiger partial charge in [-0.15, -0.1) is 6.58 Å². The molecule has 0 saturated heterocycles. The molecule has 4 N–H and O–H groups in total. The van der Waals surface area contributed by atoms with Gasteiger partial charge in [0.25, 0.3) is 0 Å². The summed E-state index contributed by atoms with van der Waals surface area (Å²) in [5, 5.41) is 0.896. The van der Waals surface area contributed by atoms with Gasteiger partial charge in [-0.05, 0) is 0 Å². The average Bonchev–Trinajstić information content (AvgIpc) is 1.72. The van der Waals surface area contributed by atoms with Gasteiger partial charge in [-0.1, -0.05) is 22.0 Å². The Kier molecular flexibility index (Phi) is 30.3. The SMILES string of the molecule is C=CCBr.NN. The van der Waals surface area contributed by atoms with Crippen LogP contribution in [0.2, 0.25) is 0 Å². The van der Waals surface area contributed by atoms with Gasteiger partial charge in [-0.25, -0.2) is 0 Å². The van der Waals surface area contributed by atoms with Crippen molar-refractivity contribution >= 4 is 15.9 Å². The Morgan fingerprint density at radius 3 is 1.83 bits per heavy atom. The van der Waals surface area contributed by atoms with Crippen molar-refractivity contribution in [3.05, 3.63) is 12.7 Å². The van der Waals surface area contributed by atoms with Crippen LogP contribution in [0.4, 0.5) is 0 Å². The second-order valence-corrected chi connectivity index (χ2v) is 1.09. The molecule has 0 aromatic carbocycles. The van der Waals surface area contributed by atoms with Crippen LogP contribution in [-0.2, 0) is 0 Å². The molecular formula is C3H9BrN2. The van der Waals surface area contributed by atoms with Crippen molar-refractivity contribution in [3.8, 4) is 0 Å². The van der Waals surface area contributed by atoms with Gasteiger partial charge >= 0.3 is 0 Å². The first kappa shape index (κ1) is 9.46. The third-order valence-corrected chi connectivity index (χ3v) is 0.567. The Morgan fingerprint density at radius 1 is 1.67 bits per heavy atom. The predicted octanol–water partition coefficient (Wildman–Crippen LogP) is 0.386. The molecule has 0 aromatic rings. The van der Waals surface area contributed by atoms with Crippen LogP contribution in [0.5, 0.6) is 0 Å². The summed E-state index contributed by atoms with van der Waals surface area (Å²) in [6, 6.07) is 0. The molecular weight excluding hydrogens is 144 g/mol. The highest BCUT2D eigenvalue weighted by molar-refractivity contribution is 9.09. The highest BCUT2D eigenvalue weighted by atomic mass is 79.9. The van der Waals surface area contributed by atoms with Crippen LogP contribution in [0.15, 0.2) is 12.7 Å². The van der Waals surface area contributed by atoms with Gasteiger partial charge in [0, 0.05) is 5.33 Å². The highest BCUT2D eigenvalue weighted by Gasteiger charge is 1.47. The maximum absolute atomic E-state index is 4.00. The molecule has 0 rings (SSSR count). The summed E-state index contributed by atoms with van der Waals surface area (Å²) < 4.78 is 0. The fourth-order valence-electron chi connectivity index (χ4n) is 0. The third kappa shape index (κ3) is 31.4. The Labute approximate surface area is 46.3 Å². The lowest BCUT2D eigenvalue weighted by Gasteiger charge is -1.55. The number of alkyl halides is 1. The predicted molar refractivity (Wildman–Crippen MR) is 32.4 cm³/mol. The standard InChI is InChI=1S/C3H5Br.H4N2/c1-2-3-4;1-2/h2H,1,3H2;1-2H2.